The van der Waals surface area contributed by atoms with E-state index < -0.39 is 0 Å². The Kier molecular flexibility index (Phi) is 7.07. The first-order valence-electron chi connectivity index (χ1n) is 6.25. The Morgan fingerprint density at radius 3 is 2.56 bits per heavy atom. The summed E-state index contributed by atoms with van der Waals surface area (Å²) in [6.45, 7) is 1.96. The molecule has 0 radical (unpaired) electrons. The molecule has 1 fully saturated rings. The molecular weight excluding hydrogens is 252 g/mol. The molecule has 0 aromatic heterocycles. The fraction of sp³-hybridized carbons (Fsp3) is 0.818. The summed E-state index contributed by atoms with van der Waals surface area (Å²) in [6, 6.07) is 0. The summed E-state index contributed by atoms with van der Waals surface area (Å²) in [5.41, 5.74) is 7.56. The largest absolute Gasteiger partial charge is 0.342 e. The van der Waals surface area contributed by atoms with Crippen molar-refractivity contribution in [1.29, 1.82) is 0 Å². The lowest BCUT2D eigenvalue weighted by Crippen LogP contribution is -2.45. The summed E-state index contributed by atoms with van der Waals surface area (Å²) >= 11 is 1.62. The van der Waals surface area contributed by atoms with Crippen LogP contribution in [0.1, 0.15) is 19.3 Å². The molecule has 18 heavy (non-hydrogen) atoms. The first-order valence-corrected chi connectivity index (χ1v) is 7.40. The Hall–Kier alpha value is -0.790. The normalized spacial score (nSPS) is 16.7. The number of thioether (sulfide) groups is 1. The van der Waals surface area contributed by atoms with Gasteiger partial charge in [0.05, 0.1) is 5.75 Å². The quantitative estimate of drug-likeness (QED) is 0.257. The lowest BCUT2D eigenvalue weighted by atomic mass is 9.96. The molecule has 0 saturated carbocycles. The summed E-state index contributed by atoms with van der Waals surface area (Å²) in [4.78, 5) is 25.0. The van der Waals surface area contributed by atoms with E-state index in [-0.39, 0.29) is 17.7 Å². The molecule has 2 amide bonds. The van der Waals surface area contributed by atoms with Crippen molar-refractivity contribution < 1.29 is 9.59 Å². The summed E-state index contributed by atoms with van der Waals surface area (Å²) < 4.78 is 0. The molecule has 0 bridgehead atoms. The lowest BCUT2D eigenvalue weighted by molar-refractivity contribution is -0.133. The van der Waals surface area contributed by atoms with Crippen LogP contribution in [0.2, 0.25) is 0 Å². The van der Waals surface area contributed by atoms with Gasteiger partial charge in [0.25, 0.3) is 0 Å². The highest BCUT2D eigenvalue weighted by Gasteiger charge is 2.26. The van der Waals surface area contributed by atoms with E-state index in [9.17, 15) is 9.59 Å². The van der Waals surface area contributed by atoms with Gasteiger partial charge in [-0.1, -0.05) is 0 Å². The van der Waals surface area contributed by atoms with Gasteiger partial charge in [0, 0.05) is 19.0 Å². The molecule has 6 nitrogen and oxygen atoms in total. The molecular formula is C11H22N4O2S. The van der Waals surface area contributed by atoms with Crippen LogP contribution in [-0.4, -0.2) is 47.9 Å². The third-order valence-electron chi connectivity index (χ3n) is 3.08. The van der Waals surface area contributed by atoms with E-state index in [1.807, 2.05) is 4.90 Å². The van der Waals surface area contributed by atoms with Crippen LogP contribution in [-0.2, 0) is 9.59 Å². The van der Waals surface area contributed by atoms with Crippen molar-refractivity contribution in [2.45, 2.75) is 19.3 Å². The van der Waals surface area contributed by atoms with Gasteiger partial charge in [0.1, 0.15) is 0 Å². The van der Waals surface area contributed by atoms with Gasteiger partial charge < -0.3 is 10.6 Å². The standard InChI is InChI=1S/C11H22N4O2S/c12-4-1-7-18-8-10(16)15-5-2-9(3-6-15)11(17)14-13/h9H,1-8,12-13H2,(H,14,17). The molecule has 0 aromatic rings. The van der Waals surface area contributed by atoms with Crippen LogP contribution in [0.4, 0.5) is 0 Å². The van der Waals surface area contributed by atoms with Gasteiger partial charge in [-0.15, -0.1) is 0 Å². The molecule has 0 spiro atoms. The van der Waals surface area contributed by atoms with E-state index in [0.29, 0.717) is 38.2 Å². The van der Waals surface area contributed by atoms with Gasteiger partial charge in [0.2, 0.25) is 11.8 Å². The molecule has 1 aliphatic heterocycles. The van der Waals surface area contributed by atoms with E-state index in [4.69, 9.17) is 11.6 Å². The van der Waals surface area contributed by atoms with Crippen LogP contribution in [0.25, 0.3) is 0 Å². The topological polar surface area (TPSA) is 101 Å². The fourth-order valence-electron chi connectivity index (χ4n) is 1.95. The molecule has 0 aromatic carbocycles. The highest BCUT2D eigenvalue weighted by Crippen LogP contribution is 2.18. The van der Waals surface area contributed by atoms with E-state index >= 15 is 0 Å². The average molecular weight is 274 g/mol. The van der Waals surface area contributed by atoms with Gasteiger partial charge in [0.15, 0.2) is 0 Å². The molecule has 7 heteroatoms. The summed E-state index contributed by atoms with van der Waals surface area (Å²) in [6.07, 6.45) is 2.33. The predicted molar refractivity (Wildman–Crippen MR) is 72.6 cm³/mol. The number of nitrogens with two attached hydrogens (primary N) is 2. The Morgan fingerprint density at radius 1 is 1.33 bits per heavy atom. The number of hydrogen-bond donors (Lipinski definition) is 3. The molecule has 1 aliphatic rings. The first-order chi connectivity index (χ1) is 8.69. The number of nitrogens with one attached hydrogen (secondary N) is 1. The Morgan fingerprint density at radius 2 is 2.00 bits per heavy atom. The zero-order valence-electron chi connectivity index (χ0n) is 10.6. The van der Waals surface area contributed by atoms with Crippen molar-refractivity contribution in [1.82, 2.24) is 10.3 Å². The Balaban J connectivity index is 2.21. The van der Waals surface area contributed by atoms with Crippen molar-refractivity contribution in [3.8, 4) is 0 Å². The monoisotopic (exact) mass is 274 g/mol. The van der Waals surface area contributed by atoms with E-state index in [2.05, 4.69) is 5.43 Å². The molecule has 0 aliphatic carbocycles. The second-order valence-electron chi connectivity index (χ2n) is 4.36. The zero-order valence-corrected chi connectivity index (χ0v) is 11.4. The number of piperidine rings is 1. The van der Waals surface area contributed by atoms with E-state index in [1.165, 1.54) is 0 Å². The Bertz CT molecular complexity index is 280. The SMILES string of the molecule is NCCCSCC(=O)N1CCC(C(=O)NN)CC1. The number of likely N-dealkylation sites (tertiary alicyclic amines) is 1. The highest BCUT2D eigenvalue weighted by molar-refractivity contribution is 7.99. The van der Waals surface area contributed by atoms with Crippen LogP contribution in [0, 0.1) is 5.92 Å². The molecule has 1 saturated heterocycles. The van der Waals surface area contributed by atoms with Gasteiger partial charge in [-0.2, -0.15) is 11.8 Å². The fourth-order valence-corrected chi connectivity index (χ4v) is 2.82. The molecule has 1 rings (SSSR count). The van der Waals surface area contributed by atoms with Crippen molar-refractivity contribution >= 4 is 23.6 Å². The average Bonchev–Trinajstić information content (AvgIpc) is 2.42. The third kappa shape index (κ3) is 4.83. The maximum Gasteiger partial charge on any atom is 0.237 e. The van der Waals surface area contributed by atoms with Crippen LogP contribution >= 0.6 is 11.8 Å². The molecule has 0 unspecified atom stereocenters. The van der Waals surface area contributed by atoms with Crippen molar-refractivity contribution in [2.24, 2.45) is 17.5 Å². The molecule has 0 atom stereocenters. The van der Waals surface area contributed by atoms with Gasteiger partial charge in [-0.3, -0.25) is 15.0 Å². The van der Waals surface area contributed by atoms with Gasteiger partial charge >= 0.3 is 0 Å². The number of carbonyl (C=O) groups excluding carboxylic acids is 2. The van der Waals surface area contributed by atoms with E-state index in [1.54, 1.807) is 11.8 Å². The Labute approximate surface area is 112 Å². The van der Waals surface area contributed by atoms with Crippen LogP contribution in [0.5, 0.6) is 0 Å². The summed E-state index contributed by atoms with van der Waals surface area (Å²) in [5, 5.41) is 0. The number of amides is 2. The van der Waals surface area contributed by atoms with Crippen LogP contribution < -0.4 is 17.0 Å². The lowest BCUT2D eigenvalue weighted by Gasteiger charge is -2.31. The molecule has 104 valence electrons. The predicted octanol–water partition coefficient (Wildman–Crippen LogP) is -0.703. The van der Waals surface area contributed by atoms with Gasteiger partial charge in [-0.05, 0) is 31.6 Å². The summed E-state index contributed by atoms with van der Waals surface area (Å²) in [7, 11) is 0. The number of rotatable bonds is 6. The number of hydrazine groups is 1. The van der Waals surface area contributed by atoms with Crippen molar-refractivity contribution in [3.05, 3.63) is 0 Å². The number of hydrogen-bond acceptors (Lipinski definition) is 5. The molecule has 5 N–H and O–H groups in total. The minimum Gasteiger partial charge on any atom is -0.342 e. The second-order valence-corrected chi connectivity index (χ2v) is 5.46. The smallest absolute Gasteiger partial charge is 0.237 e. The van der Waals surface area contributed by atoms with Crippen molar-refractivity contribution in [2.75, 3.05) is 31.1 Å². The van der Waals surface area contributed by atoms with Crippen molar-refractivity contribution in [3.63, 3.8) is 0 Å². The second kappa shape index (κ2) is 8.34. The highest BCUT2D eigenvalue weighted by atomic mass is 32.2. The minimum absolute atomic E-state index is 0.0519. The third-order valence-corrected chi connectivity index (χ3v) is 4.11. The maximum absolute atomic E-state index is 11.9. The maximum atomic E-state index is 11.9. The van der Waals surface area contributed by atoms with Crippen LogP contribution in [0.3, 0.4) is 0 Å². The first kappa shape index (κ1) is 15.3. The summed E-state index contributed by atoms with van der Waals surface area (Å²) in [5.74, 6) is 6.51. The van der Waals surface area contributed by atoms with Gasteiger partial charge in [-0.25, -0.2) is 5.84 Å². The molecule has 1 heterocycles. The zero-order chi connectivity index (χ0) is 13.4. The number of carbonyl (C=O) groups is 2. The van der Waals surface area contributed by atoms with Crippen LogP contribution in [0.15, 0.2) is 0 Å². The number of nitrogens with zero attached hydrogens (tertiary/aromatic N) is 1. The van der Waals surface area contributed by atoms with E-state index in [0.717, 1.165) is 12.2 Å². The minimum atomic E-state index is -0.126.